The van der Waals surface area contributed by atoms with Gasteiger partial charge in [0.05, 0.1) is 24.8 Å². The average molecular weight is 422 g/mol. The van der Waals surface area contributed by atoms with Gasteiger partial charge in [0.25, 0.3) is 10.0 Å². The van der Waals surface area contributed by atoms with E-state index in [0.717, 1.165) is 12.8 Å². The Labute approximate surface area is 166 Å². The summed E-state index contributed by atoms with van der Waals surface area (Å²) in [6, 6.07) is 6.40. The number of thiophene rings is 1. The summed E-state index contributed by atoms with van der Waals surface area (Å²) in [7, 11) is -0.784. The summed E-state index contributed by atoms with van der Waals surface area (Å²) < 4.78 is 44.1. The number of aryl methyl sites for hydroxylation is 1. The molecule has 0 bridgehead atoms. The van der Waals surface area contributed by atoms with Crippen molar-refractivity contribution in [1.29, 1.82) is 0 Å². The summed E-state index contributed by atoms with van der Waals surface area (Å²) in [6.45, 7) is 1.75. The second-order valence-electron chi connectivity index (χ2n) is 6.44. The Morgan fingerprint density at radius 3 is 2.61 bits per heavy atom. The van der Waals surface area contributed by atoms with Crippen molar-refractivity contribution in [3.8, 4) is 22.2 Å². The SMILES string of the molecule is COc1ccc(NS(=O)(=O)c2cc(-c3noc(C4CC4)n3)sc2C)cc1OC. The molecule has 4 rings (SSSR count). The summed E-state index contributed by atoms with van der Waals surface area (Å²) in [5.41, 5.74) is 0.375. The lowest BCUT2D eigenvalue weighted by Gasteiger charge is -2.11. The highest BCUT2D eigenvalue weighted by Gasteiger charge is 2.30. The van der Waals surface area contributed by atoms with E-state index >= 15 is 0 Å². The fraction of sp³-hybridized carbons (Fsp3) is 0.333. The molecule has 1 aromatic carbocycles. The Morgan fingerprint density at radius 2 is 1.93 bits per heavy atom. The van der Waals surface area contributed by atoms with Gasteiger partial charge in [-0.3, -0.25) is 4.72 Å². The fourth-order valence-corrected chi connectivity index (χ4v) is 5.35. The Hall–Kier alpha value is -2.59. The normalized spacial score (nSPS) is 14.1. The van der Waals surface area contributed by atoms with E-state index < -0.39 is 10.0 Å². The van der Waals surface area contributed by atoms with Gasteiger partial charge in [-0.25, -0.2) is 8.42 Å². The van der Waals surface area contributed by atoms with Gasteiger partial charge in [-0.2, -0.15) is 4.98 Å². The van der Waals surface area contributed by atoms with Crippen molar-refractivity contribution in [3.63, 3.8) is 0 Å². The third-order valence-electron chi connectivity index (χ3n) is 4.39. The van der Waals surface area contributed by atoms with Gasteiger partial charge < -0.3 is 14.0 Å². The number of anilines is 1. The summed E-state index contributed by atoms with van der Waals surface area (Å²) in [5.74, 6) is 2.33. The maximum Gasteiger partial charge on any atom is 0.263 e. The van der Waals surface area contributed by atoms with Crippen LogP contribution in [0.1, 0.15) is 29.5 Å². The molecule has 0 unspecified atom stereocenters. The zero-order valence-electron chi connectivity index (χ0n) is 15.6. The topological polar surface area (TPSA) is 104 Å². The van der Waals surface area contributed by atoms with Crippen molar-refractivity contribution >= 4 is 27.0 Å². The third-order valence-corrected chi connectivity index (χ3v) is 7.07. The van der Waals surface area contributed by atoms with Gasteiger partial charge in [-0.1, -0.05) is 5.16 Å². The molecule has 0 amide bonds. The van der Waals surface area contributed by atoms with Crippen LogP contribution in [-0.4, -0.2) is 32.8 Å². The van der Waals surface area contributed by atoms with E-state index in [-0.39, 0.29) is 4.90 Å². The highest BCUT2D eigenvalue weighted by Crippen LogP contribution is 2.40. The van der Waals surface area contributed by atoms with Gasteiger partial charge in [-0.05, 0) is 38.0 Å². The molecule has 1 aliphatic carbocycles. The number of ether oxygens (including phenoxy) is 2. The number of sulfonamides is 1. The minimum Gasteiger partial charge on any atom is -0.493 e. The van der Waals surface area contributed by atoms with E-state index in [0.29, 0.717) is 44.6 Å². The molecule has 0 aliphatic heterocycles. The molecular formula is C18H19N3O5S2. The van der Waals surface area contributed by atoms with Crippen LogP contribution < -0.4 is 14.2 Å². The number of methoxy groups -OCH3 is 2. The Bertz CT molecular complexity index is 1120. The quantitative estimate of drug-likeness (QED) is 0.619. The van der Waals surface area contributed by atoms with Crippen LogP contribution in [0, 0.1) is 6.92 Å². The lowest BCUT2D eigenvalue weighted by atomic mass is 10.3. The highest BCUT2D eigenvalue weighted by molar-refractivity contribution is 7.93. The predicted octanol–water partition coefficient (Wildman–Crippen LogP) is 3.80. The molecule has 1 aliphatic rings. The van der Waals surface area contributed by atoms with E-state index in [1.54, 1.807) is 31.2 Å². The second-order valence-corrected chi connectivity index (χ2v) is 9.34. The molecule has 1 N–H and O–H groups in total. The van der Waals surface area contributed by atoms with Crippen molar-refractivity contribution in [2.45, 2.75) is 30.6 Å². The lowest BCUT2D eigenvalue weighted by Crippen LogP contribution is -2.13. The van der Waals surface area contributed by atoms with Crippen LogP contribution in [0.5, 0.6) is 11.5 Å². The largest absolute Gasteiger partial charge is 0.493 e. The molecule has 148 valence electrons. The Balaban J connectivity index is 1.61. The molecule has 2 aromatic heterocycles. The summed E-state index contributed by atoms with van der Waals surface area (Å²) in [4.78, 5) is 5.87. The number of rotatable bonds is 7. The molecule has 8 nitrogen and oxygen atoms in total. The van der Waals surface area contributed by atoms with Crippen LogP contribution in [-0.2, 0) is 10.0 Å². The zero-order chi connectivity index (χ0) is 19.9. The molecule has 2 heterocycles. The average Bonchev–Trinajstić information content (AvgIpc) is 3.26. The predicted molar refractivity (Wildman–Crippen MR) is 105 cm³/mol. The number of hydrogen-bond donors (Lipinski definition) is 1. The van der Waals surface area contributed by atoms with Crippen LogP contribution in [0.4, 0.5) is 5.69 Å². The number of nitrogens with zero attached hydrogens (tertiary/aromatic N) is 2. The summed E-state index contributed by atoms with van der Waals surface area (Å²) in [5, 5.41) is 3.99. The van der Waals surface area contributed by atoms with Gasteiger partial charge in [0.2, 0.25) is 11.7 Å². The molecule has 3 aromatic rings. The molecule has 0 spiro atoms. The number of hydrogen-bond acceptors (Lipinski definition) is 8. The first-order chi connectivity index (χ1) is 13.4. The Kier molecular flexibility index (Phi) is 4.76. The first kappa shape index (κ1) is 18.8. The van der Waals surface area contributed by atoms with Crippen molar-refractivity contribution in [2.75, 3.05) is 18.9 Å². The van der Waals surface area contributed by atoms with Gasteiger partial charge in [0, 0.05) is 16.9 Å². The van der Waals surface area contributed by atoms with Gasteiger partial charge in [0.15, 0.2) is 11.5 Å². The first-order valence-corrected chi connectivity index (χ1v) is 10.9. The monoisotopic (exact) mass is 421 g/mol. The fourth-order valence-electron chi connectivity index (χ4n) is 2.78. The molecule has 1 fully saturated rings. The standard InChI is InChI=1S/C18H19N3O5S2/c1-10-16(9-15(27-10)17-19-18(26-20-17)11-4-5-11)28(22,23)21-12-6-7-13(24-2)14(8-12)25-3/h6-9,11,21H,4-5H2,1-3H3. The maximum atomic E-state index is 12.9. The van der Waals surface area contributed by atoms with E-state index in [4.69, 9.17) is 14.0 Å². The van der Waals surface area contributed by atoms with E-state index in [1.807, 2.05) is 0 Å². The smallest absolute Gasteiger partial charge is 0.263 e. The van der Waals surface area contributed by atoms with Crippen molar-refractivity contribution < 1.29 is 22.4 Å². The van der Waals surface area contributed by atoms with Crippen LogP contribution in [0.2, 0.25) is 0 Å². The number of benzene rings is 1. The number of nitrogens with one attached hydrogen (secondary N) is 1. The Morgan fingerprint density at radius 1 is 1.18 bits per heavy atom. The van der Waals surface area contributed by atoms with E-state index in [1.165, 1.54) is 25.6 Å². The van der Waals surface area contributed by atoms with Crippen LogP contribution in [0.3, 0.4) is 0 Å². The number of aromatic nitrogens is 2. The van der Waals surface area contributed by atoms with Crippen LogP contribution in [0.25, 0.3) is 10.7 Å². The van der Waals surface area contributed by atoms with E-state index in [2.05, 4.69) is 14.9 Å². The molecule has 0 saturated heterocycles. The summed E-state index contributed by atoms with van der Waals surface area (Å²) >= 11 is 1.32. The third kappa shape index (κ3) is 3.57. The van der Waals surface area contributed by atoms with Crippen molar-refractivity contribution in [2.24, 2.45) is 0 Å². The van der Waals surface area contributed by atoms with Gasteiger partial charge in [-0.15, -0.1) is 11.3 Å². The summed E-state index contributed by atoms with van der Waals surface area (Å²) in [6.07, 6.45) is 2.11. The minimum atomic E-state index is -3.80. The van der Waals surface area contributed by atoms with Crippen LogP contribution >= 0.6 is 11.3 Å². The second kappa shape index (κ2) is 7.10. The lowest BCUT2D eigenvalue weighted by molar-refractivity contribution is 0.355. The molecule has 0 atom stereocenters. The molecule has 0 radical (unpaired) electrons. The van der Waals surface area contributed by atoms with E-state index in [9.17, 15) is 8.42 Å². The molecule has 10 heteroatoms. The molecule has 1 saturated carbocycles. The minimum absolute atomic E-state index is 0.181. The zero-order valence-corrected chi connectivity index (χ0v) is 17.2. The molecular weight excluding hydrogens is 402 g/mol. The maximum absolute atomic E-state index is 12.9. The van der Waals surface area contributed by atoms with Crippen LogP contribution in [0.15, 0.2) is 33.7 Å². The first-order valence-electron chi connectivity index (χ1n) is 8.60. The van der Waals surface area contributed by atoms with Crippen molar-refractivity contribution in [3.05, 3.63) is 35.0 Å². The van der Waals surface area contributed by atoms with Gasteiger partial charge >= 0.3 is 0 Å². The highest BCUT2D eigenvalue weighted by atomic mass is 32.2. The molecule has 28 heavy (non-hydrogen) atoms. The van der Waals surface area contributed by atoms with Crippen molar-refractivity contribution in [1.82, 2.24) is 10.1 Å². The van der Waals surface area contributed by atoms with Gasteiger partial charge in [0.1, 0.15) is 4.90 Å².